The summed E-state index contributed by atoms with van der Waals surface area (Å²) in [6, 6.07) is 14.0. The van der Waals surface area contributed by atoms with Gasteiger partial charge < -0.3 is 24.4 Å². The third-order valence-corrected chi connectivity index (χ3v) is 8.42. The maximum Gasteiger partial charge on any atom is 0.410 e. The number of hydrogen-bond donors (Lipinski definition) is 1. The van der Waals surface area contributed by atoms with Gasteiger partial charge in [0.2, 0.25) is 0 Å². The molecular formula is C36H43N9O4. The van der Waals surface area contributed by atoms with Crippen LogP contribution in [0.5, 0.6) is 0 Å². The van der Waals surface area contributed by atoms with Crippen LogP contribution in [-0.2, 0) is 10.2 Å². The Bertz CT molecular complexity index is 1980. The molecule has 1 N–H and O–H groups in total. The van der Waals surface area contributed by atoms with Gasteiger partial charge in [0.05, 0.1) is 11.7 Å². The van der Waals surface area contributed by atoms with Crippen LogP contribution in [0, 0.1) is 6.92 Å². The number of amides is 2. The highest BCUT2D eigenvalue weighted by Gasteiger charge is 2.27. The molecule has 0 aliphatic carbocycles. The van der Waals surface area contributed by atoms with Gasteiger partial charge in [0.15, 0.2) is 11.5 Å². The predicted octanol–water partition coefficient (Wildman–Crippen LogP) is 6.00. The summed E-state index contributed by atoms with van der Waals surface area (Å²) in [5, 5.41) is 15.5. The second-order valence-electron chi connectivity index (χ2n) is 14.5. The van der Waals surface area contributed by atoms with Crippen LogP contribution in [0.15, 0.2) is 59.5 Å². The quantitative estimate of drug-likeness (QED) is 0.230. The number of hydrogen-bond acceptors (Lipinski definition) is 10. The first-order valence-electron chi connectivity index (χ1n) is 16.5. The van der Waals surface area contributed by atoms with Crippen LogP contribution in [0.4, 0.5) is 10.6 Å². The number of ether oxygens (including phenoxy) is 1. The van der Waals surface area contributed by atoms with Crippen molar-refractivity contribution in [3.8, 4) is 22.4 Å². The van der Waals surface area contributed by atoms with Crippen molar-refractivity contribution in [1.29, 1.82) is 0 Å². The van der Waals surface area contributed by atoms with Gasteiger partial charge in [-0.2, -0.15) is 4.98 Å². The molecule has 1 aliphatic heterocycles. The summed E-state index contributed by atoms with van der Waals surface area (Å²) in [6.07, 6.45) is 3.29. The van der Waals surface area contributed by atoms with Gasteiger partial charge in [-0.25, -0.2) is 9.78 Å². The molecule has 0 radical (unpaired) electrons. The normalized spacial score (nSPS) is 14.6. The summed E-state index contributed by atoms with van der Waals surface area (Å²) in [7, 11) is 0. The lowest BCUT2D eigenvalue weighted by Gasteiger charge is -2.36. The summed E-state index contributed by atoms with van der Waals surface area (Å²) in [5.41, 5.74) is 5.66. The summed E-state index contributed by atoms with van der Waals surface area (Å²) in [6.45, 7) is 18.0. The minimum atomic E-state index is -0.518. The van der Waals surface area contributed by atoms with Gasteiger partial charge in [0.25, 0.3) is 0 Å². The highest BCUT2D eigenvalue weighted by Crippen LogP contribution is 2.31. The molecule has 5 heterocycles. The van der Waals surface area contributed by atoms with Gasteiger partial charge >= 0.3 is 17.9 Å². The van der Waals surface area contributed by atoms with Crippen molar-refractivity contribution in [2.45, 2.75) is 72.4 Å². The average Bonchev–Trinajstić information content (AvgIpc) is 3.74. The number of nitrogens with one attached hydrogen (secondary N) is 1. The van der Waals surface area contributed by atoms with Gasteiger partial charge in [-0.15, -0.1) is 10.2 Å². The molecule has 49 heavy (non-hydrogen) atoms. The van der Waals surface area contributed by atoms with Crippen molar-refractivity contribution in [3.63, 3.8) is 0 Å². The molecule has 13 heteroatoms. The zero-order valence-corrected chi connectivity index (χ0v) is 29.3. The number of nitrogens with zero attached hydrogens (tertiary/aromatic N) is 8. The van der Waals surface area contributed by atoms with Crippen molar-refractivity contribution in [2.24, 2.45) is 0 Å². The molecule has 0 spiro atoms. The van der Waals surface area contributed by atoms with E-state index < -0.39 is 11.5 Å². The minimum absolute atomic E-state index is 0.0545. The van der Waals surface area contributed by atoms with Crippen LogP contribution in [0.3, 0.4) is 0 Å². The van der Waals surface area contributed by atoms with Gasteiger partial charge in [0, 0.05) is 43.4 Å². The number of benzene rings is 1. The molecule has 5 aromatic rings. The maximum atomic E-state index is 12.9. The number of rotatable bonds is 6. The Morgan fingerprint density at radius 1 is 0.939 bits per heavy atom. The van der Waals surface area contributed by atoms with Crippen molar-refractivity contribution in [1.82, 2.24) is 39.9 Å². The lowest BCUT2D eigenvalue weighted by molar-refractivity contribution is 0.0240. The molecule has 1 atom stereocenters. The number of aromatic nitrogens is 6. The van der Waals surface area contributed by atoms with Gasteiger partial charge in [0.1, 0.15) is 17.7 Å². The summed E-state index contributed by atoms with van der Waals surface area (Å²) in [5.74, 6) is 0.870. The van der Waals surface area contributed by atoms with Gasteiger partial charge in [-0.1, -0.05) is 38.1 Å². The molecule has 0 unspecified atom stereocenters. The first-order valence-corrected chi connectivity index (χ1v) is 16.5. The van der Waals surface area contributed by atoms with Crippen LogP contribution in [0.1, 0.15) is 82.1 Å². The summed E-state index contributed by atoms with van der Waals surface area (Å²) in [4.78, 5) is 38.4. The number of fused-ring (bicyclic) bond motifs is 1. The van der Waals surface area contributed by atoms with E-state index >= 15 is 0 Å². The molecule has 256 valence electrons. The maximum absolute atomic E-state index is 12.9. The van der Waals surface area contributed by atoms with Crippen LogP contribution in [0.2, 0.25) is 0 Å². The Hall–Kier alpha value is -5.33. The van der Waals surface area contributed by atoms with E-state index in [0.29, 0.717) is 37.7 Å². The molecule has 1 fully saturated rings. The molecule has 0 saturated carbocycles. The van der Waals surface area contributed by atoms with E-state index in [2.05, 4.69) is 48.8 Å². The van der Waals surface area contributed by atoms with Crippen LogP contribution >= 0.6 is 0 Å². The number of carbonyl (C=O) groups excluding carboxylic acids is 2. The van der Waals surface area contributed by atoms with E-state index in [4.69, 9.17) is 14.2 Å². The number of anilines is 1. The fourth-order valence-corrected chi connectivity index (χ4v) is 5.78. The molecule has 13 nitrogen and oxygen atoms in total. The van der Waals surface area contributed by atoms with E-state index in [1.165, 1.54) is 0 Å². The summed E-state index contributed by atoms with van der Waals surface area (Å²) >= 11 is 0. The Morgan fingerprint density at radius 2 is 1.67 bits per heavy atom. The smallest absolute Gasteiger partial charge is 0.410 e. The second kappa shape index (κ2) is 12.9. The van der Waals surface area contributed by atoms with E-state index in [1.807, 2.05) is 90.3 Å². The van der Waals surface area contributed by atoms with Crippen LogP contribution in [-0.4, -0.2) is 78.4 Å². The van der Waals surface area contributed by atoms with Crippen molar-refractivity contribution < 1.29 is 18.8 Å². The molecule has 1 saturated heterocycles. The molecule has 1 aromatic carbocycles. The first-order chi connectivity index (χ1) is 23.2. The van der Waals surface area contributed by atoms with Gasteiger partial charge in [-0.05, 0) is 87.2 Å². The third kappa shape index (κ3) is 7.40. The van der Waals surface area contributed by atoms with Crippen LogP contribution in [0.25, 0.3) is 28.0 Å². The topological polar surface area (TPSA) is 144 Å². The Labute approximate surface area is 285 Å². The zero-order chi connectivity index (χ0) is 35.1. The highest BCUT2D eigenvalue weighted by molar-refractivity contribution is 5.89. The zero-order valence-electron chi connectivity index (χ0n) is 29.3. The van der Waals surface area contributed by atoms with Crippen molar-refractivity contribution in [3.05, 3.63) is 77.8 Å². The van der Waals surface area contributed by atoms with Crippen molar-refractivity contribution >= 4 is 23.5 Å². The molecule has 6 rings (SSSR count). The minimum Gasteiger partial charge on any atom is -0.444 e. The Kier molecular flexibility index (Phi) is 8.86. The van der Waals surface area contributed by atoms with E-state index in [9.17, 15) is 9.59 Å². The molecule has 4 aromatic heterocycles. The molecule has 0 bridgehead atoms. The van der Waals surface area contributed by atoms with E-state index in [-0.39, 0.29) is 23.4 Å². The lowest BCUT2D eigenvalue weighted by Crippen LogP contribution is -2.50. The predicted molar refractivity (Wildman–Crippen MR) is 185 cm³/mol. The van der Waals surface area contributed by atoms with E-state index in [0.717, 1.165) is 39.3 Å². The molecule has 2 amide bonds. The molecule has 1 aliphatic rings. The second-order valence-corrected chi connectivity index (χ2v) is 14.5. The van der Waals surface area contributed by atoms with Crippen LogP contribution < -0.4 is 10.2 Å². The fourth-order valence-electron chi connectivity index (χ4n) is 5.78. The van der Waals surface area contributed by atoms with E-state index in [1.54, 1.807) is 11.2 Å². The summed E-state index contributed by atoms with van der Waals surface area (Å²) < 4.78 is 12.7. The number of aryl methyl sites for hydroxylation is 1. The number of pyridine rings is 2. The number of carbonyl (C=O) groups is 2. The number of piperazine rings is 1. The Morgan fingerprint density at radius 3 is 2.31 bits per heavy atom. The largest absolute Gasteiger partial charge is 0.444 e. The van der Waals surface area contributed by atoms with Crippen molar-refractivity contribution in [2.75, 3.05) is 31.1 Å². The monoisotopic (exact) mass is 665 g/mol. The Balaban J connectivity index is 1.17. The standard InChI is InChI=1S/C36H43N9O4/c1-22-17-24(9-11-27(22)23(2)39-31(46)32-40-33(42-49-32)35(3,4)5)28-18-26(19-30-41-38-21-45(28)30)25-10-12-29(37-20-25)43-13-15-44(16-14-43)34(47)48-36(6,7)8/h9-12,17-21,23H,13-16H2,1-8H3,(H,39,46)/t23-/m1/s1. The average molecular weight is 666 g/mol. The van der Waals surface area contributed by atoms with Gasteiger partial charge in [-0.3, -0.25) is 9.20 Å². The molecular weight excluding hydrogens is 622 g/mol. The first kappa shape index (κ1) is 33.6. The fraction of sp³-hybridized carbons (Fsp3) is 0.417. The highest BCUT2D eigenvalue weighted by atomic mass is 16.6. The SMILES string of the molecule is Cc1cc(-c2cc(-c3ccc(N4CCN(C(=O)OC(C)(C)C)CC4)nc3)cc3nncn23)ccc1[C@@H](C)NC(=O)c1nc(C(C)(C)C)no1. The lowest BCUT2D eigenvalue weighted by atomic mass is 9.96. The third-order valence-electron chi connectivity index (χ3n) is 8.42.